The molecule has 0 unspecified atom stereocenters. The predicted octanol–water partition coefficient (Wildman–Crippen LogP) is 2.57. The van der Waals surface area contributed by atoms with Gasteiger partial charge in [-0.1, -0.05) is 19.9 Å². The Morgan fingerprint density at radius 2 is 1.68 bits per heavy atom. The van der Waals surface area contributed by atoms with Gasteiger partial charge >= 0.3 is 0 Å². The van der Waals surface area contributed by atoms with Crippen LogP contribution in [0, 0.1) is 19.8 Å². The first-order chi connectivity index (χ1) is 11.8. The number of carbonyl (C=O) groups excluding carboxylic acids is 2. The quantitative estimate of drug-likeness (QED) is 0.842. The Kier molecular flexibility index (Phi) is 6.45. The molecular weight excluding hydrogens is 316 g/mol. The lowest BCUT2D eigenvalue weighted by Gasteiger charge is -2.24. The van der Waals surface area contributed by atoms with Gasteiger partial charge in [0.2, 0.25) is 11.8 Å². The lowest BCUT2D eigenvalue weighted by atomic mass is 10.0. The van der Waals surface area contributed by atoms with Gasteiger partial charge in [0.1, 0.15) is 5.75 Å². The van der Waals surface area contributed by atoms with Gasteiger partial charge < -0.3 is 14.5 Å². The summed E-state index contributed by atoms with van der Waals surface area (Å²) in [5.41, 5.74) is 3.16. The predicted molar refractivity (Wildman–Crippen MR) is 98.8 cm³/mol. The van der Waals surface area contributed by atoms with Crippen LogP contribution in [-0.4, -0.2) is 54.9 Å². The standard InChI is InChI=1S/C20H30N2O3/c1-14(2)20(24)22-8-6-7-21(9-10-22)19(23)13-17-11-16(4)18(25-5)12-15(17)3/h11-12,14H,6-10,13H2,1-5H3. The summed E-state index contributed by atoms with van der Waals surface area (Å²) < 4.78 is 5.34. The highest BCUT2D eigenvalue weighted by molar-refractivity contribution is 5.80. The summed E-state index contributed by atoms with van der Waals surface area (Å²) >= 11 is 0. The van der Waals surface area contributed by atoms with E-state index < -0.39 is 0 Å². The minimum Gasteiger partial charge on any atom is -0.496 e. The molecular formula is C20H30N2O3. The van der Waals surface area contributed by atoms with Gasteiger partial charge in [0.25, 0.3) is 0 Å². The first-order valence-electron chi connectivity index (χ1n) is 9.04. The van der Waals surface area contributed by atoms with Crippen LogP contribution in [-0.2, 0) is 16.0 Å². The first-order valence-corrected chi connectivity index (χ1v) is 9.04. The van der Waals surface area contributed by atoms with Gasteiger partial charge in [-0.3, -0.25) is 9.59 Å². The average molecular weight is 346 g/mol. The summed E-state index contributed by atoms with van der Waals surface area (Å²) in [7, 11) is 1.66. The van der Waals surface area contributed by atoms with Crippen LogP contribution in [0.4, 0.5) is 0 Å². The van der Waals surface area contributed by atoms with Gasteiger partial charge in [-0.25, -0.2) is 0 Å². The second kappa shape index (κ2) is 8.37. The van der Waals surface area contributed by atoms with Crippen LogP contribution in [0.3, 0.4) is 0 Å². The van der Waals surface area contributed by atoms with Gasteiger partial charge in [-0.05, 0) is 43.0 Å². The summed E-state index contributed by atoms with van der Waals surface area (Å²) in [6.07, 6.45) is 1.24. The maximum absolute atomic E-state index is 12.7. The number of ether oxygens (including phenoxy) is 1. The third kappa shape index (κ3) is 4.74. The summed E-state index contributed by atoms with van der Waals surface area (Å²) in [5, 5.41) is 0. The fourth-order valence-electron chi connectivity index (χ4n) is 3.29. The van der Waals surface area contributed by atoms with Crippen LogP contribution in [0.5, 0.6) is 5.75 Å². The van der Waals surface area contributed by atoms with Crippen molar-refractivity contribution in [1.29, 1.82) is 0 Å². The van der Waals surface area contributed by atoms with Gasteiger partial charge in [0.15, 0.2) is 0 Å². The Bertz CT molecular complexity index is 640. The van der Waals surface area contributed by atoms with Crippen molar-refractivity contribution in [3.8, 4) is 5.75 Å². The molecule has 1 saturated heterocycles. The monoisotopic (exact) mass is 346 g/mol. The van der Waals surface area contributed by atoms with E-state index >= 15 is 0 Å². The van der Waals surface area contributed by atoms with Crippen LogP contribution < -0.4 is 4.74 Å². The third-order valence-corrected chi connectivity index (χ3v) is 4.85. The Morgan fingerprint density at radius 3 is 2.32 bits per heavy atom. The van der Waals surface area contributed by atoms with E-state index in [1.165, 1.54) is 0 Å². The molecule has 0 aliphatic carbocycles. The maximum atomic E-state index is 12.7. The lowest BCUT2D eigenvalue weighted by molar-refractivity contribution is -0.135. The molecule has 0 spiro atoms. The normalized spacial score (nSPS) is 15.3. The number of amides is 2. The van der Waals surface area contributed by atoms with Crippen molar-refractivity contribution in [2.24, 2.45) is 5.92 Å². The van der Waals surface area contributed by atoms with Crippen molar-refractivity contribution in [1.82, 2.24) is 9.80 Å². The highest BCUT2D eigenvalue weighted by atomic mass is 16.5. The molecule has 0 radical (unpaired) electrons. The molecule has 25 heavy (non-hydrogen) atoms. The van der Waals surface area contributed by atoms with E-state index in [1.54, 1.807) is 7.11 Å². The molecule has 0 aromatic heterocycles. The van der Waals surface area contributed by atoms with Crippen molar-refractivity contribution in [3.63, 3.8) is 0 Å². The van der Waals surface area contributed by atoms with Crippen molar-refractivity contribution in [2.45, 2.75) is 40.5 Å². The number of aryl methyl sites for hydroxylation is 2. The molecule has 5 nitrogen and oxygen atoms in total. The smallest absolute Gasteiger partial charge is 0.227 e. The number of rotatable bonds is 4. The van der Waals surface area contributed by atoms with E-state index in [2.05, 4.69) is 0 Å². The van der Waals surface area contributed by atoms with E-state index in [0.717, 1.165) is 42.0 Å². The van der Waals surface area contributed by atoms with Gasteiger partial charge in [-0.15, -0.1) is 0 Å². The highest BCUT2D eigenvalue weighted by Gasteiger charge is 2.23. The molecule has 0 atom stereocenters. The van der Waals surface area contributed by atoms with E-state index in [9.17, 15) is 9.59 Å². The molecule has 1 aliphatic rings. The molecule has 1 aromatic rings. The van der Waals surface area contributed by atoms with Crippen LogP contribution in [0.15, 0.2) is 12.1 Å². The van der Waals surface area contributed by atoms with Crippen molar-refractivity contribution >= 4 is 11.8 Å². The SMILES string of the molecule is COc1cc(C)c(CC(=O)N2CCCN(C(=O)C(C)C)CC2)cc1C. The second-order valence-corrected chi connectivity index (χ2v) is 7.14. The Hall–Kier alpha value is -2.04. The van der Waals surface area contributed by atoms with Crippen LogP contribution in [0.25, 0.3) is 0 Å². The molecule has 0 saturated carbocycles. The summed E-state index contributed by atoms with van der Waals surface area (Å²) in [6.45, 7) is 10.5. The van der Waals surface area contributed by atoms with E-state index in [-0.39, 0.29) is 17.7 Å². The van der Waals surface area contributed by atoms with Crippen molar-refractivity contribution < 1.29 is 14.3 Å². The first kappa shape index (κ1) is 19.3. The third-order valence-electron chi connectivity index (χ3n) is 4.85. The zero-order valence-corrected chi connectivity index (χ0v) is 16.1. The summed E-state index contributed by atoms with van der Waals surface area (Å²) in [6, 6.07) is 4.03. The molecule has 0 bridgehead atoms. The molecule has 2 amide bonds. The number of nitrogens with zero attached hydrogens (tertiary/aromatic N) is 2. The highest BCUT2D eigenvalue weighted by Crippen LogP contribution is 2.23. The second-order valence-electron chi connectivity index (χ2n) is 7.14. The van der Waals surface area contributed by atoms with Crippen LogP contribution in [0.2, 0.25) is 0 Å². The fourth-order valence-corrected chi connectivity index (χ4v) is 3.29. The Morgan fingerprint density at radius 1 is 1.04 bits per heavy atom. The summed E-state index contributed by atoms with van der Waals surface area (Å²) in [4.78, 5) is 28.7. The number of methoxy groups -OCH3 is 1. The number of hydrogen-bond acceptors (Lipinski definition) is 3. The molecule has 1 heterocycles. The van der Waals surface area contributed by atoms with Gasteiger partial charge in [0, 0.05) is 32.1 Å². The van der Waals surface area contributed by atoms with Gasteiger partial charge in [-0.2, -0.15) is 0 Å². The minimum absolute atomic E-state index is 0.00664. The molecule has 0 N–H and O–H groups in total. The van der Waals surface area contributed by atoms with E-state index in [0.29, 0.717) is 19.5 Å². The molecule has 1 fully saturated rings. The van der Waals surface area contributed by atoms with Crippen molar-refractivity contribution in [2.75, 3.05) is 33.3 Å². The maximum Gasteiger partial charge on any atom is 0.227 e. The molecule has 2 rings (SSSR count). The Balaban J connectivity index is 2.02. The van der Waals surface area contributed by atoms with E-state index in [4.69, 9.17) is 4.74 Å². The van der Waals surface area contributed by atoms with Gasteiger partial charge in [0.05, 0.1) is 13.5 Å². The Labute approximate surface area is 150 Å². The zero-order valence-electron chi connectivity index (χ0n) is 16.1. The minimum atomic E-state index is 0.00664. The number of benzene rings is 1. The summed E-state index contributed by atoms with van der Waals surface area (Å²) in [5.74, 6) is 1.17. The average Bonchev–Trinajstić information content (AvgIpc) is 2.83. The zero-order chi connectivity index (χ0) is 18.6. The number of carbonyl (C=O) groups is 2. The van der Waals surface area contributed by atoms with Crippen LogP contribution in [0.1, 0.15) is 37.0 Å². The van der Waals surface area contributed by atoms with Crippen LogP contribution >= 0.6 is 0 Å². The molecule has 1 aliphatic heterocycles. The molecule has 138 valence electrons. The molecule has 1 aromatic carbocycles. The largest absolute Gasteiger partial charge is 0.496 e. The lowest BCUT2D eigenvalue weighted by Crippen LogP contribution is -2.39. The number of hydrogen-bond donors (Lipinski definition) is 0. The molecule has 5 heteroatoms. The topological polar surface area (TPSA) is 49.9 Å². The fraction of sp³-hybridized carbons (Fsp3) is 0.600. The van der Waals surface area contributed by atoms with Crippen molar-refractivity contribution in [3.05, 3.63) is 28.8 Å². The van der Waals surface area contributed by atoms with E-state index in [1.807, 2.05) is 49.6 Å².